The van der Waals surface area contributed by atoms with E-state index in [1.54, 1.807) is 0 Å². The fourth-order valence-electron chi connectivity index (χ4n) is 5.41. The first kappa shape index (κ1) is 23.4. The molecule has 1 aromatic rings. The van der Waals surface area contributed by atoms with Gasteiger partial charge in [0.1, 0.15) is 17.3 Å². The van der Waals surface area contributed by atoms with E-state index in [4.69, 9.17) is 16.3 Å². The Labute approximate surface area is 197 Å². The highest BCUT2D eigenvalue weighted by molar-refractivity contribution is 7.89. The molecule has 4 aliphatic rings. The number of aliphatic hydroxyl groups is 1. The summed E-state index contributed by atoms with van der Waals surface area (Å²) >= 11 is 5.98. The van der Waals surface area contributed by atoms with Crippen molar-refractivity contribution in [2.45, 2.75) is 42.7 Å². The van der Waals surface area contributed by atoms with Crippen LogP contribution in [0.15, 0.2) is 23.1 Å². The number of fused-ring (bicyclic) bond motifs is 1. The zero-order chi connectivity index (χ0) is 23.4. The lowest BCUT2D eigenvalue weighted by Crippen LogP contribution is -2.66. The zero-order valence-corrected chi connectivity index (χ0v) is 19.7. The number of hydrogen-bond acceptors (Lipinski definition) is 7. The number of ether oxygens (including phenoxy) is 1. The van der Waals surface area contributed by atoms with Gasteiger partial charge in [-0.25, -0.2) is 12.8 Å². The molecule has 5 rings (SSSR count). The Morgan fingerprint density at radius 2 is 1.94 bits per heavy atom. The fraction of sp³-hybridized carbons (Fsp3) is 0.667. The predicted molar refractivity (Wildman–Crippen MR) is 117 cm³/mol. The van der Waals surface area contributed by atoms with Gasteiger partial charge in [-0.15, -0.1) is 0 Å². The second kappa shape index (κ2) is 8.71. The molecule has 4 aliphatic heterocycles. The standard InChI is InChI=1S/C21H28ClFN4O5S/c22-15-9-14(23)1-2-18(15)33(30,31)27-12-21(13-27)4-7-25(8-5-21)20(29)26-6-3-17-16(10-26)24-19(28)11-32-17/h1-2,9,16-17,20,29H,3-8,10-13H2,(H,24,28)/t16-,17?,20?/m1/s1. The number of benzene rings is 1. The minimum absolute atomic E-state index is 0.00621. The van der Waals surface area contributed by atoms with Gasteiger partial charge in [0.25, 0.3) is 0 Å². The molecule has 12 heteroatoms. The number of piperidine rings is 2. The van der Waals surface area contributed by atoms with Gasteiger partial charge in [0.15, 0.2) is 6.35 Å². The van der Waals surface area contributed by atoms with Gasteiger partial charge in [-0.3, -0.25) is 14.6 Å². The summed E-state index contributed by atoms with van der Waals surface area (Å²) in [6, 6.07) is 3.20. The molecule has 4 saturated heterocycles. The van der Waals surface area contributed by atoms with E-state index in [1.165, 1.54) is 10.4 Å². The summed E-state index contributed by atoms with van der Waals surface area (Å²) in [5, 5.41) is 13.8. The van der Waals surface area contributed by atoms with E-state index in [2.05, 4.69) is 5.32 Å². The minimum atomic E-state index is -3.77. The number of carbonyl (C=O) groups is 1. The molecular formula is C21H28ClFN4O5S. The molecule has 1 amide bonds. The van der Waals surface area contributed by atoms with E-state index in [0.717, 1.165) is 31.4 Å². The number of halogens is 2. The Morgan fingerprint density at radius 3 is 2.64 bits per heavy atom. The van der Waals surface area contributed by atoms with Crippen molar-refractivity contribution in [2.24, 2.45) is 5.41 Å². The van der Waals surface area contributed by atoms with Crippen LogP contribution in [-0.2, 0) is 19.6 Å². The number of likely N-dealkylation sites (tertiary alicyclic amines) is 2. The molecule has 0 aliphatic carbocycles. The molecule has 1 aromatic carbocycles. The predicted octanol–water partition coefficient (Wildman–Crippen LogP) is 0.431. The van der Waals surface area contributed by atoms with Crippen molar-refractivity contribution in [1.29, 1.82) is 0 Å². The third kappa shape index (κ3) is 4.40. The quantitative estimate of drug-likeness (QED) is 0.615. The van der Waals surface area contributed by atoms with Gasteiger partial charge in [0, 0.05) is 44.7 Å². The number of hydrogen-bond donors (Lipinski definition) is 2. The Kier molecular flexibility index (Phi) is 6.17. The van der Waals surface area contributed by atoms with Gasteiger partial charge in [0.05, 0.1) is 17.2 Å². The summed E-state index contributed by atoms with van der Waals surface area (Å²) in [5.41, 5.74) is -0.117. The minimum Gasteiger partial charge on any atom is -0.366 e. The smallest absolute Gasteiger partial charge is 0.246 e. The SMILES string of the molecule is O=C1COC2CCN(C(O)N3CCC4(CC3)CN(S(=O)(=O)c3ccc(F)cc3Cl)C4)C[C@H]2N1. The number of nitrogens with zero attached hydrogens (tertiary/aromatic N) is 3. The second-order valence-electron chi connectivity index (χ2n) is 9.54. The first-order valence-corrected chi connectivity index (χ1v) is 13.0. The molecule has 3 atom stereocenters. The number of amides is 1. The molecule has 9 nitrogen and oxygen atoms in total. The molecule has 2 N–H and O–H groups in total. The van der Waals surface area contributed by atoms with E-state index in [-0.39, 0.29) is 40.0 Å². The molecule has 0 aromatic heterocycles. The maximum absolute atomic E-state index is 13.3. The third-order valence-electron chi connectivity index (χ3n) is 7.40. The van der Waals surface area contributed by atoms with E-state index >= 15 is 0 Å². The number of carbonyl (C=O) groups excluding carboxylic acids is 1. The lowest BCUT2D eigenvalue weighted by molar-refractivity contribution is -0.167. The highest BCUT2D eigenvalue weighted by Gasteiger charge is 2.50. The van der Waals surface area contributed by atoms with Gasteiger partial charge in [-0.1, -0.05) is 11.6 Å². The highest BCUT2D eigenvalue weighted by atomic mass is 35.5. The van der Waals surface area contributed by atoms with Crippen molar-refractivity contribution < 1.29 is 27.4 Å². The molecule has 0 radical (unpaired) electrons. The normalized spacial score (nSPS) is 29.8. The number of nitrogens with one attached hydrogen (secondary N) is 1. The summed E-state index contributed by atoms with van der Waals surface area (Å²) in [7, 11) is -3.77. The number of aliphatic hydroxyl groups excluding tert-OH is 1. The largest absolute Gasteiger partial charge is 0.366 e. The van der Waals surface area contributed by atoms with Crippen LogP contribution in [0.4, 0.5) is 4.39 Å². The van der Waals surface area contributed by atoms with Gasteiger partial charge < -0.3 is 15.2 Å². The molecule has 4 heterocycles. The van der Waals surface area contributed by atoms with Crippen LogP contribution in [0, 0.1) is 11.2 Å². The van der Waals surface area contributed by atoms with Crippen LogP contribution < -0.4 is 5.32 Å². The van der Waals surface area contributed by atoms with Crippen molar-refractivity contribution in [3.05, 3.63) is 29.0 Å². The molecule has 182 valence electrons. The summed E-state index contributed by atoms with van der Waals surface area (Å²) in [4.78, 5) is 15.5. The molecule has 33 heavy (non-hydrogen) atoms. The maximum atomic E-state index is 13.3. The summed E-state index contributed by atoms with van der Waals surface area (Å²) in [6.45, 7) is 3.40. The Balaban J connectivity index is 1.15. The fourth-order valence-corrected chi connectivity index (χ4v) is 7.58. The van der Waals surface area contributed by atoms with Crippen molar-refractivity contribution in [1.82, 2.24) is 19.4 Å². The van der Waals surface area contributed by atoms with Crippen LogP contribution in [0.3, 0.4) is 0 Å². The molecule has 0 saturated carbocycles. The van der Waals surface area contributed by atoms with Crippen molar-refractivity contribution in [3.8, 4) is 0 Å². The summed E-state index contributed by atoms with van der Waals surface area (Å²) in [5.74, 6) is -0.702. The number of rotatable bonds is 4. The Morgan fingerprint density at radius 1 is 1.21 bits per heavy atom. The average molecular weight is 503 g/mol. The van der Waals surface area contributed by atoms with E-state index < -0.39 is 22.2 Å². The molecule has 4 fully saturated rings. The second-order valence-corrected chi connectivity index (χ2v) is 11.9. The lowest BCUT2D eigenvalue weighted by Gasteiger charge is -2.54. The maximum Gasteiger partial charge on any atom is 0.246 e. The third-order valence-corrected chi connectivity index (χ3v) is 9.68. The molecular weight excluding hydrogens is 475 g/mol. The van der Waals surface area contributed by atoms with Crippen LogP contribution in [0.5, 0.6) is 0 Å². The van der Waals surface area contributed by atoms with Crippen LogP contribution in [0.1, 0.15) is 19.3 Å². The molecule has 0 bridgehead atoms. The van der Waals surface area contributed by atoms with Gasteiger partial charge >= 0.3 is 0 Å². The number of morpholine rings is 1. The summed E-state index contributed by atoms with van der Waals surface area (Å²) < 4.78 is 46.1. The van der Waals surface area contributed by atoms with Crippen molar-refractivity contribution >= 4 is 27.5 Å². The summed E-state index contributed by atoms with van der Waals surface area (Å²) in [6.07, 6.45) is 1.53. The Hall–Kier alpha value is -1.34. The van der Waals surface area contributed by atoms with E-state index in [9.17, 15) is 22.7 Å². The monoisotopic (exact) mass is 502 g/mol. The molecule has 2 unspecified atom stereocenters. The highest BCUT2D eigenvalue weighted by Crippen LogP contribution is 2.44. The van der Waals surface area contributed by atoms with Crippen LogP contribution in [0.25, 0.3) is 0 Å². The van der Waals surface area contributed by atoms with Crippen molar-refractivity contribution in [3.63, 3.8) is 0 Å². The lowest BCUT2D eigenvalue weighted by atomic mass is 9.73. The van der Waals surface area contributed by atoms with E-state index in [1.807, 2.05) is 9.80 Å². The first-order chi connectivity index (χ1) is 15.7. The number of sulfonamides is 1. The van der Waals surface area contributed by atoms with Gasteiger partial charge in [-0.2, -0.15) is 4.31 Å². The topological polar surface area (TPSA) is 102 Å². The van der Waals surface area contributed by atoms with Crippen LogP contribution in [-0.4, -0.2) is 97.9 Å². The van der Waals surface area contributed by atoms with Gasteiger partial charge in [-0.05, 0) is 37.5 Å². The van der Waals surface area contributed by atoms with Crippen molar-refractivity contribution in [2.75, 3.05) is 45.9 Å². The Bertz CT molecular complexity index is 1030. The average Bonchev–Trinajstić information content (AvgIpc) is 2.76. The molecule has 1 spiro atoms. The van der Waals surface area contributed by atoms with Crippen LogP contribution in [0.2, 0.25) is 5.02 Å². The van der Waals surface area contributed by atoms with Gasteiger partial charge in [0.2, 0.25) is 15.9 Å². The van der Waals surface area contributed by atoms with Crippen LogP contribution >= 0.6 is 11.6 Å². The first-order valence-electron chi connectivity index (χ1n) is 11.2. The zero-order valence-electron chi connectivity index (χ0n) is 18.1. The van der Waals surface area contributed by atoms with E-state index in [0.29, 0.717) is 39.3 Å².